The normalized spacial score (nSPS) is 13.7. The fourth-order valence-corrected chi connectivity index (χ4v) is 4.72. The number of benzene rings is 2. The summed E-state index contributed by atoms with van der Waals surface area (Å²) in [6.07, 6.45) is 6.25. The van der Waals surface area contributed by atoms with E-state index >= 15 is 4.39 Å². The summed E-state index contributed by atoms with van der Waals surface area (Å²) in [6, 6.07) is 10.4. The smallest absolute Gasteiger partial charge is 0.175 e. The Kier molecular flexibility index (Phi) is 7.24. The zero-order chi connectivity index (χ0) is 26.7. The van der Waals surface area contributed by atoms with Crippen molar-refractivity contribution in [1.29, 1.82) is 0 Å². The van der Waals surface area contributed by atoms with Gasteiger partial charge in [-0.05, 0) is 62.9 Å². The fraction of sp³-hybridized carbons (Fsp3) is 0.355. The molecule has 0 unspecified atom stereocenters. The molecule has 38 heavy (non-hydrogen) atoms. The van der Waals surface area contributed by atoms with Crippen LogP contribution in [-0.4, -0.2) is 29.5 Å². The van der Waals surface area contributed by atoms with Crippen LogP contribution in [0.15, 0.2) is 42.6 Å². The van der Waals surface area contributed by atoms with Gasteiger partial charge in [0.05, 0.1) is 25.7 Å². The number of pyridine rings is 1. The number of aromatic amines is 1. The van der Waals surface area contributed by atoms with Gasteiger partial charge in [0.15, 0.2) is 28.8 Å². The minimum atomic E-state index is -0.423. The van der Waals surface area contributed by atoms with Gasteiger partial charge in [-0.2, -0.15) is 0 Å². The van der Waals surface area contributed by atoms with E-state index in [9.17, 15) is 4.79 Å². The maximum atomic E-state index is 15.1. The monoisotopic (exact) mass is 514 g/mol. The number of nitrogens with zero attached hydrogens (tertiary/aromatic N) is 1. The van der Waals surface area contributed by atoms with E-state index in [2.05, 4.69) is 28.7 Å². The molecule has 1 N–H and O–H groups in total. The van der Waals surface area contributed by atoms with Crippen LogP contribution >= 0.6 is 0 Å². The van der Waals surface area contributed by atoms with Gasteiger partial charge in [0.2, 0.25) is 0 Å². The zero-order valence-corrected chi connectivity index (χ0v) is 21.9. The first-order valence-corrected chi connectivity index (χ1v) is 13.0. The first kappa shape index (κ1) is 25.6. The summed E-state index contributed by atoms with van der Waals surface area (Å²) in [5.74, 6) is 7.65. The molecule has 7 heteroatoms. The zero-order valence-electron chi connectivity index (χ0n) is 21.9. The lowest BCUT2D eigenvalue weighted by Gasteiger charge is -2.14. The van der Waals surface area contributed by atoms with Crippen molar-refractivity contribution in [1.82, 2.24) is 9.97 Å². The Labute approximate surface area is 221 Å². The van der Waals surface area contributed by atoms with Crippen LogP contribution in [0.25, 0.3) is 21.8 Å². The van der Waals surface area contributed by atoms with Gasteiger partial charge in [0.1, 0.15) is 5.75 Å². The molecule has 2 aromatic heterocycles. The number of unbranched alkanes of at least 4 members (excludes halogenated alkanes) is 1. The van der Waals surface area contributed by atoms with Crippen LogP contribution < -0.4 is 14.2 Å². The number of nitrogens with one attached hydrogen (secondary N) is 1. The van der Waals surface area contributed by atoms with Crippen LogP contribution in [0.2, 0.25) is 0 Å². The number of fused-ring (bicyclic) bond motifs is 2. The van der Waals surface area contributed by atoms with Crippen LogP contribution in [0.4, 0.5) is 4.39 Å². The van der Waals surface area contributed by atoms with Crippen LogP contribution in [0.5, 0.6) is 23.0 Å². The topological polar surface area (TPSA) is 73.4 Å². The number of hydrogen-bond donors (Lipinski definition) is 1. The molecule has 0 saturated heterocycles. The van der Waals surface area contributed by atoms with Gasteiger partial charge in [-0.1, -0.05) is 12.8 Å². The number of aromatic nitrogens is 2. The van der Waals surface area contributed by atoms with E-state index in [-0.39, 0.29) is 16.9 Å². The van der Waals surface area contributed by atoms with Crippen LogP contribution in [0, 0.1) is 30.0 Å². The third-order valence-corrected chi connectivity index (χ3v) is 7.24. The quantitative estimate of drug-likeness (QED) is 0.178. The van der Waals surface area contributed by atoms with Gasteiger partial charge < -0.3 is 19.2 Å². The summed E-state index contributed by atoms with van der Waals surface area (Å²) < 4.78 is 32.6. The molecule has 1 aliphatic carbocycles. The summed E-state index contributed by atoms with van der Waals surface area (Å²) in [4.78, 5) is 19.8. The molecular formula is C31H31FN2O4. The molecule has 4 aromatic rings. The molecular weight excluding hydrogens is 483 g/mol. The summed E-state index contributed by atoms with van der Waals surface area (Å²) in [6.45, 7) is 4.40. The number of ether oxygens (including phenoxy) is 3. The fourth-order valence-electron chi connectivity index (χ4n) is 4.72. The van der Waals surface area contributed by atoms with Gasteiger partial charge >= 0.3 is 0 Å². The van der Waals surface area contributed by atoms with Crippen molar-refractivity contribution in [2.75, 3.05) is 13.7 Å². The number of ketones is 1. The third kappa shape index (κ3) is 5.17. The highest BCUT2D eigenvalue weighted by atomic mass is 19.1. The summed E-state index contributed by atoms with van der Waals surface area (Å²) in [7, 11) is 1.57. The molecule has 0 atom stereocenters. The number of halogens is 1. The first-order valence-electron chi connectivity index (χ1n) is 13.0. The van der Waals surface area contributed by atoms with Crippen molar-refractivity contribution in [3.8, 4) is 34.8 Å². The minimum Gasteiger partial charge on any atom is -0.493 e. The lowest BCUT2D eigenvalue weighted by atomic mass is 9.96. The minimum absolute atomic E-state index is 0.0768. The number of methoxy groups -OCH3 is 1. The average Bonchev–Trinajstić information content (AvgIpc) is 3.63. The van der Waals surface area contributed by atoms with Crippen molar-refractivity contribution in [2.45, 2.75) is 52.4 Å². The van der Waals surface area contributed by atoms with Gasteiger partial charge in [0.25, 0.3) is 0 Å². The molecule has 0 spiro atoms. The average molecular weight is 515 g/mol. The predicted octanol–water partition coefficient (Wildman–Crippen LogP) is 7.28. The van der Waals surface area contributed by atoms with E-state index < -0.39 is 5.82 Å². The number of Topliss-reactive ketones (excluding diaryl/α,β-unsaturated/α-hetero) is 1. The SMILES string of the molecule is CCC1(C(=O)CC#CCCCOc2cc3nccc(Oc4ccc5[nH]c(C)cc5c4F)c3cc2OC)CC1. The second-order valence-electron chi connectivity index (χ2n) is 9.76. The molecule has 1 aliphatic rings. The second-order valence-corrected chi connectivity index (χ2v) is 9.76. The number of carbonyl (C=O) groups is 1. The number of aryl methyl sites for hydroxylation is 1. The molecule has 0 amide bonds. The number of carbonyl (C=O) groups excluding carboxylic acids is 1. The van der Waals surface area contributed by atoms with Crippen LogP contribution in [0.1, 0.15) is 51.1 Å². The second kappa shape index (κ2) is 10.7. The number of hydrogen-bond acceptors (Lipinski definition) is 5. The lowest BCUT2D eigenvalue weighted by molar-refractivity contribution is -0.123. The van der Waals surface area contributed by atoms with Crippen molar-refractivity contribution < 1.29 is 23.4 Å². The van der Waals surface area contributed by atoms with Crippen LogP contribution in [0.3, 0.4) is 0 Å². The maximum absolute atomic E-state index is 15.1. The van der Waals surface area contributed by atoms with E-state index in [1.807, 2.05) is 6.92 Å². The Morgan fingerprint density at radius 3 is 2.68 bits per heavy atom. The van der Waals surface area contributed by atoms with Crippen molar-refractivity contribution in [3.05, 3.63) is 54.1 Å². The molecule has 6 nitrogen and oxygen atoms in total. The van der Waals surface area contributed by atoms with Gasteiger partial charge in [-0.3, -0.25) is 9.78 Å². The Morgan fingerprint density at radius 1 is 1.08 bits per heavy atom. The third-order valence-electron chi connectivity index (χ3n) is 7.24. The molecule has 0 aliphatic heterocycles. The maximum Gasteiger partial charge on any atom is 0.175 e. The molecule has 1 saturated carbocycles. The van der Waals surface area contributed by atoms with Gasteiger partial charge in [-0.15, -0.1) is 5.92 Å². The highest BCUT2D eigenvalue weighted by molar-refractivity contribution is 5.89. The van der Waals surface area contributed by atoms with E-state index in [0.29, 0.717) is 53.0 Å². The van der Waals surface area contributed by atoms with Gasteiger partial charge in [-0.25, -0.2) is 4.39 Å². The molecule has 0 bridgehead atoms. The molecule has 2 aromatic carbocycles. The van der Waals surface area contributed by atoms with E-state index in [0.717, 1.165) is 36.9 Å². The summed E-state index contributed by atoms with van der Waals surface area (Å²) in [5.41, 5.74) is 2.16. The highest BCUT2D eigenvalue weighted by Crippen LogP contribution is 2.50. The van der Waals surface area contributed by atoms with Crippen molar-refractivity contribution in [3.63, 3.8) is 0 Å². The first-order chi connectivity index (χ1) is 18.4. The highest BCUT2D eigenvalue weighted by Gasteiger charge is 2.46. The molecule has 196 valence electrons. The predicted molar refractivity (Wildman–Crippen MR) is 145 cm³/mol. The molecule has 5 rings (SSSR count). The summed E-state index contributed by atoms with van der Waals surface area (Å²) >= 11 is 0. The molecule has 1 fully saturated rings. The standard InChI is InChI=1S/C31H31FN2O4/c1-4-31(13-14-31)29(35)9-7-5-6-8-16-37-28-19-24-21(18-27(28)36-3)25(12-15-33-24)38-26-11-10-23-22(30(26)32)17-20(2)34-23/h10-12,15,17-19,34H,4,6,8-9,13-14,16H2,1-3H3. The van der Waals surface area contributed by atoms with E-state index in [4.69, 9.17) is 14.2 Å². The lowest BCUT2D eigenvalue weighted by Crippen LogP contribution is -2.13. The van der Waals surface area contributed by atoms with Gasteiger partial charge in [0, 0.05) is 46.1 Å². The number of H-pyrrole nitrogens is 1. The largest absolute Gasteiger partial charge is 0.493 e. The molecule has 0 radical (unpaired) electrons. The van der Waals surface area contributed by atoms with Crippen molar-refractivity contribution in [2.24, 2.45) is 5.41 Å². The van der Waals surface area contributed by atoms with Crippen LogP contribution in [-0.2, 0) is 4.79 Å². The Morgan fingerprint density at radius 2 is 1.92 bits per heavy atom. The molecule has 2 heterocycles. The Bertz CT molecular complexity index is 1560. The van der Waals surface area contributed by atoms with Crippen molar-refractivity contribution >= 4 is 27.6 Å². The summed E-state index contributed by atoms with van der Waals surface area (Å²) in [5, 5.41) is 1.16. The number of rotatable bonds is 10. The van der Waals surface area contributed by atoms with E-state index in [1.54, 1.807) is 49.7 Å². The van der Waals surface area contributed by atoms with E-state index in [1.165, 1.54) is 0 Å². The Hall–Kier alpha value is -4.05. The Balaban J connectivity index is 1.25.